The molecule has 1 amide bonds. The van der Waals surface area contributed by atoms with E-state index in [1.807, 2.05) is 0 Å². The minimum atomic E-state index is -5.11. The van der Waals surface area contributed by atoms with Gasteiger partial charge in [0.2, 0.25) is 5.91 Å². The van der Waals surface area contributed by atoms with E-state index in [4.69, 9.17) is 9.05 Å². The van der Waals surface area contributed by atoms with Crippen LogP contribution in [0.5, 0.6) is 0 Å². The maximum atomic E-state index is 12.9. The third kappa shape index (κ3) is 21.5. The molecule has 1 saturated carbocycles. The first-order chi connectivity index (χ1) is 24.3. The second-order valence-electron chi connectivity index (χ2n) is 14.3. The summed E-state index contributed by atoms with van der Waals surface area (Å²) in [6.45, 7) is 3.67. The molecule has 1 rings (SSSR count). The highest BCUT2D eigenvalue weighted by atomic mass is 31.2. The second kappa shape index (κ2) is 28.5. The van der Waals surface area contributed by atoms with E-state index in [1.54, 1.807) is 0 Å². The van der Waals surface area contributed by atoms with E-state index in [1.165, 1.54) is 51.4 Å². The summed E-state index contributed by atoms with van der Waals surface area (Å²) >= 11 is 0. The zero-order chi connectivity index (χ0) is 38.1. The fourth-order valence-electron chi connectivity index (χ4n) is 6.28. The van der Waals surface area contributed by atoms with Crippen LogP contribution in [0.25, 0.3) is 0 Å². The van der Waals surface area contributed by atoms with Crippen molar-refractivity contribution in [3.63, 3.8) is 0 Å². The van der Waals surface area contributed by atoms with Crippen LogP contribution in [0.1, 0.15) is 155 Å². The lowest BCUT2D eigenvalue weighted by molar-refractivity contribution is -0.220. The first kappa shape index (κ1) is 48.1. The summed E-state index contributed by atoms with van der Waals surface area (Å²) in [4.78, 5) is 23.2. The van der Waals surface area contributed by atoms with Crippen LogP contribution in [0, 0.1) is 0 Å². The molecule has 302 valence electrons. The van der Waals surface area contributed by atoms with Gasteiger partial charge < -0.3 is 46.0 Å². The number of carbonyl (C=O) groups excluding carboxylic acids is 1. The molecular weight excluding hydrogens is 681 g/mol. The first-order valence-corrected chi connectivity index (χ1v) is 21.2. The highest BCUT2D eigenvalue weighted by Gasteiger charge is 2.51. The average molecular weight is 754 g/mol. The van der Waals surface area contributed by atoms with Gasteiger partial charge in [0.15, 0.2) is 0 Å². The maximum Gasteiger partial charge on any atom is 0.472 e. The van der Waals surface area contributed by atoms with Crippen LogP contribution in [0.15, 0.2) is 12.2 Å². The van der Waals surface area contributed by atoms with Crippen LogP contribution in [0.3, 0.4) is 0 Å². The quantitative estimate of drug-likeness (QED) is 0.0267. The summed E-state index contributed by atoms with van der Waals surface area (Å²) in [6, 6.07) is -1.15. The van der Waals surface area contributed by atoms with Crippen molar-refractivity contribution in [3.05, 3.63) is 12.2 Å². The normalized spacial score (nSPS) is 25.5. The smallest absolute Gasteiger partial charge is 0.393 e. The molecule has 13 nitrogen and oxygen atoms in total. The lowest BCUT2D eigenvalue weighted by Gasteiger charge is -2.41. The highest BCUT2D eigenvalue weighted by Crippen LogP contribution is 2.47. The monoisotopic (exact) mass is 753 g/mol. The van der Waals surface area contributed by atoms with Gasteiger partial charge in [0.1, 0.15) is 36.6 Å². The summed E-state index contributed by atoms with van der Waals surface area (Å²) < 4.78 is 22.8. The Morgan fingerprint density at radius 2 is 1.12 bits per heavy atom. The molecule has 0 radical (unpaired) electrons. The van der Waals surface area contributed by atoms with Gasteiger partial charge in [-0.3, -0.25) is 13.8 Å². The van der Waals surface area contributed by atoms with Crippen LogP contribution in [-0.4, -0.2) is 108 Å². The number of hydrogen-bond donors (Lipinski definition) is 9. The Bertz CT molecular complexity index is 943. The van der Waals surface area contributed by atoms with E-state index in [9.17, 15) is 50.0 Å². The van der Waals surface area contributed by atoms with E-state index >= 15 is 0 Å². The molecule has 0 aromatic heterocycles. The number of carbonyl (C=O) groups is 1. The van der Waals surface area contributed by atoms with Crippen molar-refractivity contribution in [2.75, 3.05) is 6.61 Å². The second-order valence-corrected chi connectivity index (χ2v) is 15.7. The van der Waals surface area contributed by atoms with Gasteiger partial charge >= 0.3 is 7.82 Å². The summed E-state index contributed by atoms with van der Waals surface area (Å²) in [5, 5.41) is 74.1. The molecule has 51 heavy (non-hydrogen) atoms. The molecule has 1 fully saturated rings. The lowest BCUT2D eigenvalue weighted by atomic mass is 9.85. The summed E-state index contributed by atoms with van der Waals surface area (Å²) in [5.41, 5.74) is 0. The summed E-state index contributed by atoms with van der Waals surface area (Å²) in [5.74, 6) is -0.577. The fourth-order valence-corrected chi connectivity index (χ4v) is 7.25. The van der Waals surface area contributed by atoms with Crippen LogP contribution in [-0.2, 0) is 18.4 Å². The minimum absolute atomic E-state index is 0.236. The molecule has 0 aromatic rings. The van der Waals surface area contributed by atoms with Gasteiger partial charge in [-0.2, -0.15) is 0 Å². The number of aliphatic hydroxyl groups excluding tert-OH is 7. The van der Waals surface area contributed by atoms with Gasteiger partial charge in [-0.15, -0.1) is 0 Å². The molecule has 0 saturated heterocycles. The van der Waals surface area contributed by atoms with Crippen molar-refractivity contribution in [2.45, 2.75) is 210 Å². The molecule has 1 aliphatic rings. The maximum absolute atomic E-state index is 12.9. The Morgan fingerprint density at radius 3 is 1.65 bits per heavy atom. The number of nitrogens with one attached hydrogen (secondary N) is 1. The van der Waals surface area contributed by atoms with Gasteiger partial charge in [-0.05, 0) is 32.1 Å². The topological polar surface area (TPSA) is 226 Å². The molecule has 0 heterocycles. The molecule has 0 spiro atoms. The molecular formula is C37H72NO12P. The minimum Gasteiger partial charge on any atom is -0.393 e. The Balaban J connectivity index is 2.63. The summed E-state index contributed by atoms with van der Waals surface area (Å²) in [6.07, 6.45) is 11.6. The SMILES string of the molecule is CCCC/C=C\CCCCC(O)CC(=O)NC(COP(=O)(O)OC1C(O)C(O)C(O)C(O)C1O)C(O)CCCCCCCCCCCCCCC. The number of amides is 1. The molecule has 14 heteroatoms. The molecule has 0 bridgehead atoms. The first-order valence-electron chi connectivity index (χ1n) is 19.7. The Morgan fingerprint density at radius 1 is 0.667 bits per heavy atom. The zero-order valence-corrected chi connectivity index (χ0v) is 32.2. The van der Waals surface area contributed by atoms with Gasteiger partial charge in [0.25, 0.3) is 0 Å². The number of allylic oxidation sites excluding steroid dienone is 2. The molecule has 9 N–H and O–H groups in total. The highest BCUT2D eigenvalue weighted by molar-refractivity contribution is 7.47. The Hall–Kier alpha value is -0.960. The largest absolute Gasteiger partial charge is 0.472 e. The van der Waals surface area contributed by atoms with E-state index in [0.717, 1.165) is 64.2 Å². The number of hydrogen-bond acceptors (Lipinski definition) is 11. The number of phosphoric acid groups is 1. The summed E-state index contributed by atoms with van der Waals surface area (Å²) in [7, 11) is -5.11. The van der Waals surface area contributed by atoms with E-state index in [-0.39, 0.29) is 12.8 Å². The van der Waals surface area contributed by atoms with Crippen molar-refractivity contribution >= 4 is 13.7 Å². The Kier molecular flexibility index (Phi) is 26.8. The van der Waals surface area contributed by atoms with Crippen LogP contribution < -0.4 is 5.32 Å². The van der Waals surface area contributed by atoms with Gasteiger partial charge in [0, 0.05) is 0 Å². The molecule has 8 unspecified atom stereocenters. The molecule has 1 aliphatic carbocycles. The van der Waals surface area contributed by atoms with Crippen LogP contribution in [0.4, 0.5) is 0 Å². The Labute approximate surface area is 306 Å². The predicted octanol–water partition coefficient (Wildman–Crippen LogP) is 4.69. The van der Waals surface area contributed by atoms with E-state index < -0.39 is 75.2 Å². The van der Waals surface area contributed by atoms with Gasteiger partial charge in [-0.1, -0.05) is 129 Å². The lowest BCUT2D eigenvalue weighted by Crippen LogP contribution is -2.64. The third-order valence-electron chi connectivity index (χ3n) is 9.63. The number of unbranched alkanes of at least 4 members (excludes halogenated alkanes) is 16. The predicted molar refractivity (Wildman–Crippen MR) is 197 cm³/mol. The molecule has 0 aromatic carbocycles. The fraction of sp³-hybridized carbons (Fsp3) is 0.919. The van der Waals surface area contributed by atoms with Crippen LogP contribution in [0.2, 0.25) is 0 Å². The van der Waals surface area contributed by atoms with E-state index in [0.29, 0.717) is 12.8 Å². The number of phosphoric ester groups is 1. The number of aliphatic hydroxyl groups is 7. The van der Waals surface area contributed by atoms with Crippen molar-refractivity contribution in [2.24, 2.45) is 0 Å². The number of rotatable bonds is 31. The van der Waals surface area contributed by atoms with Crippen molar-refractivity contribution < 1.29 is 59.0 Å². The van der Waals surface area contributed by atoms with Crippen molar-refractivity contribution in [1.82, 2.24) is 5.32 Å². The standard InChI is InChI=1S/C37H72NO12P/c1-3-5-7-9-11-13-14-15-16-17-19-21-23-25-30(40)29(38-31(41)26-28(39)24-22-20-18-12-10-8-6-4-2)27-49-51(47,48)50-37-35(45)33(43)32(42)34(44)36(37)46/h10,12,28-30,32-37,39-40,42-46H,3-9,11,13-27H2,1-2H3,(H,38,41)(H,47,48)/b12-10-. The average Bonchev–Trinajstić information content (AvgIpc) is 3.09. The van der Waals surface area contributed by atoms with Gasteiger partial charge in [-0.25, -0.2) is 4.57 Å². The van der Waals surface area contributed by atoms with Gasteiger partial charge in [0.05, 0.1) is 31.3 Å². The van der Waals surface area contributed by atoms with Crippen LogP contribution >= 0.6 is 7.82 Å². The van der Waals surface area contributed by atoms with Crippen molar-refractivity contribution in [3.8, 4) is 0 Å². The van der Waals surface area contributed by atoms with Crippen molar-refractivity contribution in [1.29, 1.82) is 0 Å². The molecule has 8 atom stereocenters. The third-order valence-corrected chi connectivity index (χ3v) is 10.6. The zero-order valence-electron chi connectivity index (χ0n) is 31.3. The van der Waals surface area contributed by atoms with E-state index in [2.05, 4.69) is 31.3 Å². The molecule has 0 aliphatic heterocycles.